The second-order valence-electron chi connectivity index (χ2n) is 8.60. The normalized spacial score (nSPS) is 19.1. The van der Waals surface area contributed by atoms with E-state index in [2.05, 4.69) is 0 Å². The number of primary sulfonamides is 1. The first-order valence-corrected chi connectivity index (χ1v) is 11.8. The average Bonchev–Trinajstić information content (AvgIpc) is 3.28. The van der Waals surface area contributed by atoms with Crippen LogP contribution >= 0.6 is 0 Å². The van der Waals surface area contributed by atoms with Gasteiger partial charge in [-0.15, -0.1) is 0 Å². The van der Waals surface area contributed by atoms with Crippen LogP contribution in [0.1, 0.15) is 60.8 Å². The Balaban J connectivity index is 1.71. The molecule has 1 saturated carbocycles. The number of rotatable bonds is 4. The Morgan fingerprint density at radius 2 is 1.30 bits per heavy atom. The molecule has 2 N–H and O–H groups in total. The minimum absolute atomic E-state index is 0.187. The second-order valence-corrected chi connectivity index (χ2v) is 10.2. The maximum absolute atomic E-state index is 13.0. The molecule has 1 spiro atoms. The molecule has 0 atom stereocenters. The minimum atomic E-state index is -4.35. The van der Waals surface area contributed by atoms with Gasteiger partial charge in [0.25, 0.3) is 0 Å². The van der Waals surface area contributed by atoms with Gasteiger partial charge in [0.15, 0.2) is 0 Å². The molecule has 0 heterocycles. The molecule has 30 heavy (non-hydrogen) atoms. The molecule has 2 aromatic rings. The Kier molecular flexibility index (Phi) is 5.31. The first kappa shape index (κ1) is 21.1. The second kappa shape index (κ2) is 7.54. The Labute approximate surface area is 174 Å². The van der Waals surface area contributed by atoms with E-state index in [4.69, 9.17) is 5.14 Å². The van der Waals surface area contributed by atoms with Gasteiger partial charge in [0.2, 0.25) is 10.0 Å². The van der Waals surface area contributed by atoms with Gasteiger partial charge in [0.05, 0.1) is 11.3 Å². The zero-order valence-electron chi connectivity index (χ0n) is 16.5. The number of nitrogens with two attached hydrogens (primary N) is 1. The van der Waals surface area contributed by atoms with Crippen LogP contribution in [0.2, 0.25) is 0 Å². The molecule has 0 saturated heterocycles. The maximum atomic E-state index is 13.0. The monoisotopic (exact) mass is 435 g/mol. The highest BCUT2D eigenvalue weighted by atomic mass is 32.2. The van der Waals surface area contributed by atoms with Crippen LogP contribution in [0.3, 0.4) is 0 Å². The van der Waals surface area contributed by atoms with E-state index in [1.54, 1.807) is 24.3 Å². The fraction of sp³-hybridized carbons (Fsp3) is 0.391. The van der Waals surface area contributed by atoms with Crippen LogP contribution in [-0.4, -0.2) is 8.42 Å². The van der Waals surface area contributed by atoms with E-state index in [9.17, 15) is 21.6 Å². The van der Waals surface area contributed by atoms with E-state index < -0.39 is 21.8 Å². The van der Waals surface area contributed by atoms with Crippen molar-refractivity contribution in [2.24, 2.45) is 10.6 Å². The van der Waals surface area contributed by atoms with Crippen LogP contribution < -0.4 is 5.14 Å². The van der Waals surface area contributed by atoms with Crippen LogP contribution in [0.15, 0.2) is 48.5 Å². The Hall–Kier alpha value is -2.12. The summed E-state index contributed by atoms with van der Waals surface area (Å²) in [4.78, 5) is 0. The van der Waals surface area contributed by atoms with Crippen LogP contribution in [0.25, 0.3) is 11.1 Å². The standard InChI is InChI=1S/C23H24F3NO2S/c24-23(25,26)19-9-7-18(8-10-19)21-14-22(11-1-2-12-22)13-20(21)17-5-3-16(4-6-17)15-30(27,28)29/h3-10H,1-2,11-15H2,(H2,27,28,29). The summed E-state index contributed by atoms with van der Waals surface area (Å²) < 4.78 is 61.6. The molecule has 2 aliphatic rings. The lowest BCUT2D eigenvalue weighted by molar-refractivity contribution is -0.137. The van der Waals surface area contributed by atoms with Crippen molar-refractivity contribution < 1.29 is 21.6 Å². The first-order chi connectivity index (χ1) is 14.0. The molecule has 2 aromatic carbocycles. The van der Waals surface area contributed by atoms with Crippen molar-refractivity contribution in [2.45, 2.75) is 50.5 Å². The largest absolute Gasteiger partial charge is 0.416 e. The molecular formula is C23H24F3NO2S. The van der Waals surface area contributed by atoms with Gasteiger partial charge in [-0.3, -0.25) is 0 Å². The fourth-order valence-corrected chi connectivity index (χ4v) is 5.61. The van der Waals surface area contributed by atoms with E-state index in [1.165, 1.54) is 12.8 Å². The van der Waals surface area contributed by atoms with Gasteiger partial charge < -0.3 is 0 Å². The van der Waals surface area contributed by atoms with Crippen molar-refractivity contribution >= 4 is 21.2 Å². The van der Waals surface area contributed by atoms with E-state index in [-0.39, 0.29) is 11.2 Å². The molecule has 4 rings (SSSR count). The molecule has 0 aliphatic heterocycles. The number of halogens is 3. The SMILES string of the molecule is NS(=O)(=O)Cc1ccc(C2=C(c3ccc(C(F)(F)F)cc3)CC3(CCCC3)C2)cc1. The van der Waals surface area contributed by atoms with Crippen molar-refractivity contribution in [1.29, 1.82) is 0 Å². The summed E-state index contributed by atoms with van der Waals surface area (Å²) in [6.45, 7) is 0. The van der Waals surface area contributed by atoms with Gasteiger partial charge in [-0.05, 0) is 71.1 Å². The molecule has 0 radical (unpaired) electrons. The van der Waals surface area contributed by atoms with E-state index >= 15 is 0 Å². The summed E-state index contributed by atoms with van der Waals surface area (Å²) in [5, 5.41) is 5.13. The zero-order valence-corrected chi connectivity index (χ0v) is 17.3. The molecule has 1 fully saturated rings. The van der Waals surface area contributed by atoms with Crippen molar-refractivity contribution in [2.75, 3.05) is 0 Å². The molecule has 7 heteroatoms. The van der Waals surface area contributed by atoms with Gasteiger partial charge in [0.1, 0.15) is 0 Å². The minimum Gasteiger partial charge on any atom is -0.228 e. The van der Waals surface area contributed by atoms with Crippen molar-refractivity contribution in [1.82, 2.24) is 0 Å². The smallest absolute Gasteiger partial charge is 0.228 e. The highest BCUT2D eigenvalue weighted by molar-refractivity contribution is 7.88. The van der Waals surface area contributed by atoms with Gasteiger partial charge in [-0.1, -0.05) is 49.2 Å². The summed E-state index contributed by atoms with van der Waals surface area (Å²) in [6, 6.07) is 12.8. The van der Waals surface area contributed by atoms with Gasteiger partial charge in [0, 0.05) is 0 Å². The third-order valence-corrected chi connectivity index (χ3v) is 7.10. The molecular weight excluding hydrogens is 411 g/mol. The molecule has 0 aromatic heterocycles. The van der Waals surface area contributed by atoms with E-state index in [0.717, 1.165) is 60.1 Å². The van der Waals surface area contributed by atoms with Gasteiger partial charge >= 0.3 is 6.18 Å². The Morgan fingerprint density at radius 1 is 0.833 bits per heavy atom. The summed E-state index contributed by atoms with van der Waals surface area (Å²) in [6.07, 6.45) is 2.04. The molecule has 2 aliphatic carbocycles. The van der Waals surface area contributed by atoms with Crippen molar-refractivity contribution in [3.63, 3.8) is 0 Å². The van der Waals surface area contributed by atoms with Crippen molar-refractivity contribution in [3.8, 4) is 0 Å². The average molecular weight is 436 g/mol. The predicted molar refractivity (Wildman–Crippen MR) is 112 cm³/mol. The molecule has 0 bridgehead atoms. The third-order valence-electron chi connectivity index (χ3n) is 6.36. The Morgan fingerprint density at radius 3 is 1.73 bits per heavy atom. The maximum Gasteiger partial charge on any atom is 0.416 e. The number of benzene rings is 2. The first-order valence-electron chi connectivity index (χ1n) is 10.0. The molecule has 0 amide bonds. The highest BCUT2D eigenvalue weighted by Gasteiger charge is 2.41. The Bertz CT molecular complexity index is 1060. The van der Waals surface area contributed by atoms with Crippen LogP contribution in [0.5, 0.6) is 0 Å². The van der Waals surface area contributed by atoms with E-state index in [1.807, 2.05) is 12.1 Å². The topological polar surface area (TPSA) is 60.2 Å². The summed E-state index contributed by atoms with van der Waals surface area (Å²) in [5.41, 5.74) is 4.24. The summed E-state index contributed by atoms with van der Waals surface area (Å²) in [5.74, 6) is -0.220. The van der Waals surface area contributed by atoms with Crippen LogP contribution in [0.4, 0.5) is 13.2 Å². The van der Waals surface area contributed by atoms with E-state index in [0.29, 0.717) is 5.56 Å². The third kappa shape index (κ3) is 4.47. The lowest BCUT2D eigenvalue weighted by Gasteiger charge is -2.23. The molecule has 0 unspecified atom stereocenters. The number of allylic oxidation sites excluding steroid dienone is 2. The molecule has 160 valence electrons. The van der Waals surface area contributed by atoms with Gasteiger partial charge in [-0.25, -0.2) is 13.6 Å². The number of sulfonamides is 1. The predicted octanol–water partition coefficient (Wildman–Crippen LogP) is 5.76. The van der Waals surface area contributed by atoms with Gasteiger partial charge in [-0.2, -0.15) is 13.2 Å². The number of alkyl halides is 3. The lowest BCUT2D eigenvalue weighted by Crippen LogP contribution is -2.14. The molecule has 3 nitrogen and oxygen atoms in total. The fourth-order valence-electron chi connectivity index (χ4n) is 4.95. The lowest BCUT2D eigenvalue weighted by atomic mass is 9.81. The summed E-state index contributed by atoms with van der Waals surface area (Å²) >= 11 is 0. The summed E-state index contributed by atoms with van der Waals surface area (Å²) in [7, 11) is -3.60. The van der Waals surface area contributed by atoms with Crippen LogP contribution in [-0.2, 0) is 22.0 Å². The number of hydrogen-bond donors (Lipinski definition) is 1. The quantitative estimate of drug-likeness (QED) is 0.664. The van der Waals surface area contributed by atoms with Crippen molar-refractivity contribution in [3.05, 3.63) is 70.8 Å². The van der Waals surface area contributed by atoms with Crippen LogP contribution in [0, 0.1) is 5.41 Å². The highest BCUT2D eigenvalue weighted by Crippen LogP contribution is 2.57. The zero-order chi connectivity index (χ0) is 21.6. The number of hydrogen-bond acceptors (Lipinski definition) is 2.